The second-order valence-corrected chi connectivity index (χ2v) is 6.24. The van der Waals surface area contributed by atoms with E-state index in [-0.39, 0.29) is 0 Å². The van der Waals surface area contributed by atoms with E-state index in [4.69, 9.17) is 14.2 Å². The zero-order chi connectivity index (χ0) is 17.5. The Balaban J connectivity index is 2.01. The highest BCUT2D eigenvalue weighted by atomic mass is 16.7. The molecular weight excluding hydrogens is 316 g/mol. The lowest BCUT2D eigenvalue weighted by Crippen LogP contribution is -2.65. The highest BCUT2D eigenvalue weighted by molar-refractivity contribution is 4.97. The highest BCUT2D eigenvalue weighted by Gasteiger charge is 2.52. The molecule has 0 aromatic heterocycles. The maximum absolute atomic E-state index is 10.0. The van der Waals surface area contributed by atoms with Gasteiger partial charge >= 0.3 is 0 Å². The standard InChI is InChI=1S/C13H24O10/c1-4-5(14)6(15)9(18)12(22-4)21-3-13(2)10(19)7(16)8(17)11(20)23-13/h4-12,14-20H,3H2,1-2H3/t4-,5-,6+,7+,8+,9-,10-,11+,12-,13+/m1/s1. The number of rotatable bonds is 3. The molecule has 2 fully saturated rings. The molecule has 0 unspecified atom stereocenters. The number of ether oxygens (including phenoxy) is 3. The van der Waals surface area contributed by atoms with Gasteiger partial charge < -0.3 is 50.0 Å². The monoisotopic (exact) mass is 340 g/mol. The molecule has 10 atom stereocenters. The van der Waals surface area contributed by atoms with Gasteiger partial charge in [0.05, 0.1) is 12.7 Å². The lowest BCUT2D eigenvalue weighted by molar-refractivity contribution is -0.346. The van der Waals surface area contributed by atoms with Gasteiger partial charge in [0.1, 0.15) is 42.2 Å². The Hall–Kier alpha value is -0.400. The third-order valence-corrected chi connectivity index (χ3v) is 4.32. The SMILES string of the molecule is C[C@H]1O[C@@H](OC[C@]2(C)O[C@H](O)[C@@H](O)[C@H](O)[C@H]2O)[C@H](O)[C@@H](O)[C@@H]1O. The van der Waals surface area contributed by atoms with Crippen LogP contribution in [0.1, 0.15) is 13.8 Å². The van der Waals surface area contributed by atoms with Crippen LogP contribution in [-0.2, 0) is 14.2 Å². The van der Waals surface area contributed by atoms with Crippen molar-refractivity contribution < 1.29 is 50.0 Å². The molecule has 23 heavy (non-hydrogen) atoms. The van der Waals surface area contributed by atoms with E-state index in [2.05, 4.69) is 0 Å². The summed E-state index contributed by atoms with van der Waals surface area (Å²) in [5.74, 6) is 0. The minimum Gasteiger partial charge on any atom is -0.388 e. The van der Waals surface area contributed by atoms with Crippen molar-refractivity contribution in [3.05, 3.63) is 0 Å². The minimum atomic E-state index is -1.73. The van der Waals surface area contributed by atoms with Gasteiger partial charge in [0.15, 0.2) is 12.6 Å². The molecule has 2 heterocycles. The summed E-state index contributed by atoms with van der Waals surface area (Å²) in [6.45, 7) is 2.39. The summed E-state index contributed by atoms with van der Waals surface area (Å²) in [5, 5.41) is 67.9. The van der Waals surface area contributed by atoms with Crippen LogP contribution in [0.25, 0.3) is 0 Å². The smallest absolute Gasteiger partial charge is 0.186 e. The van der Waals surface area contributed by atoms with Crippen molar-refractivity contribution in [2.24, 2.45) is 0 Å². The third-order valence-electron chi connectivity index (χ3n) is 4.32. The maximum atomic E-state index is 10.0. The molecule has 0 amide bonds. The van der Waals surface area contributed by atoms with Crippen molar-refractivity contribution in [3.63, 3.8) is 0 Å². The van der Waals surface area contributed by atoms with E-state index in [0.29, 0.717) is 0 Å². The average molecular weight is 340 g/mol. The van der Waals surface area contributed by atoms with Crippen molar-refractivity contribution >= 4 is 0 Å². The van der Waals surface area contributed by atoms with E-state index in [1.807, 2.05) is 0 Å². The molecule has 0 aliphatic carbocycles. The van der Waals surface area contributed by atoms with Crippen LogP contribution in [0.4, 0.5) is 0 Å². The Kier molecular flexibility index (Phi) is 5.63. The summed E-state index contributed by atoms with van der Waals surface area (Å²) in [7, 11) is 0. The molecule has 2 aliphatic rings. The Morgan fingerprint density at radius 1 is 0.870 bits per heavy atom. The van der Waals surface area contributed by atoms with Gasteiger partial charge in [-0.15, -0.1) is 0 Å². The second-order valence-electron chi connectivity index (χ2n) is 6.24. The molecule has 0 saturated carbocycles. The van der Waals surface area contributed by atoms with Crippen LogP contribution in [0.5, 0.6) is 0 Å². The normalized spacial score (nSPS) is 54.9. The molecule has 10 nitrogen and oxygen atoms in total. The van der Waals surface area contributed by atoms with Crippen molar-refractivity contribution in [1.82, 2.24) is 0 Å². The minimum absolute atomic E-state index is 0.424. The fourth-order valence-corrected chi connectivity index (χ4v) is 2.65. The van der Waals surface area contributed by atoms with E-state index in [9.17, 15) is 35.7 Å². The van der Waals surface area contributed by atoms with Crippen molar-refractivity contribution in [1.29, 1.82) is 0 Å². The topological polar surface area (TPSA) is 169 Å². The molecule has 2 aliphatic heterocycles. The first-order chi connectivity index (χ1) is 10.6. The number of hydrogen-bond acceptors (Lipinski definition) is 10. The fourth-order valence-electron chi connectivity index (χ4n) is 2.65. The summed E-state index contributed by atoms with van der Waals surface area (Å²) in [6, 6.07) is 0. The van der Waals surface area contributed by atoms with Gasteiger partial charge in [0.25, 0.3) is 0 Å². The van der Waals surface area contributed by atoms with Crippen LogP contribution in [0, 0.1) is 0 Å². The summed E-state index contributed by atoms with van der Waals surface area (Å²) in [5.41, 5.74) is -1.59. The van der Waals surface area contributed by atoms with Gasteiger partial charge in [-0.25, -0.2) is 0 Å². The van der Waals surface area contributed by atoms with Crippen molar-refractivity contribution in [2.75, 3.05) is 6.61 Å². The molecular formula is C13H24O10. The number of hydrogen-bond donors (Lipinski definition) is 7. The first-order valence-electron chi connectivity index (χ1n) is 7.30. The van der Waals surface area contributed by atoms with E-state index in [1.165, 1.54) is 13.8 Å². The predicted octanol–water partition coefficient (Wildman–Crippen LogP) is -3.98. The second kappa shape index (κ2) is 6.84. The first-order valence-corrected chi connectivity index (χ1v) is 7.30. The molecule has 0 spiro atoms. The van der Waals surface area contributed by atoms with Crippen LogP contribution in [0.3, 0.4) is 0 Å². The van der Waals surface area contributed by atoms with E-state index in [1.54, 1.807) is 0 Å². The number of aliphatic hydroxyl groups excluding tert-OH is 7. The van der Waals surface area contributed by atoms with Crippen LogP contribution < -0.4 is 0 Å². The molecule has 10 heteroatoms. The Bertz CT molecular complexity index is 408. The van der Waals surface area contributed by atoms with Crippen molar-refractivity contribution in [3.8, 4) is 0 Å². The predicted molar refractivity (Wildman–Crippen MR) is 71.8 cm³/mol. The summed E-state index contributed by atoms with van der Waals surface area (Å²) < 4.78 is 15.6. The average Bonchev–Trinajstić information content (AvgIpc) is 2.51. The third kappa shape index (κ3) is 3.51. The summed E-state index contributed by atoms with van der Waals surface area (Å²) in [4.78, 5) is 0. The Morgan fingerprint density at radius 3 is 2.09 bits per heavy atom. The molecule has 0 aromatic rings. The van der Waals surface area contributed by atoms with Crippen molar-refractivity contribution in [2.45, 2.75) is 74.8 Å². The maximum Gasteiger partial charge on any atom is 0.186 e. The number of aliphatic hydroxyl groups is 7. The zero-order valence-corrected chi connectivity index (χ0v) is 12.8. The lowest BCUT2D eigenvalue weighted by atomic mass is 9.89. The van der Waals surface area contributed by atoms with Crippen LogP contribution >= 0.6 is 0 Å². The highest BCUT2D eigenvalue weighted by Crippen LogP contribution is 2.31. The van der Waals surface area contributed by atoms with Gasteiger partial charge in [-0.3, -0.25) is 0 Å². The van der Waals surface area contributed by atoms with Crippen LogP contribution in [0.2, 0.25) is 0 Å². The largest absolute Gasteiger partial charge is 0.388 e. The van der Waals surface area contributed by atoms with Gasteiger partial charge in [0.2, 0.25) is 0 Å². The molecule has 0 radical (unpaired) electrons. The molecule has 0 bridgehead atoms. The van der Waals surface area contributed by atoms with E-state index < -0.39 is 67.5 Å². The lowest BCUT2D eigenvalue weighted by Gasteiger charge is -2.46. The molecule has 2 rings (SSSR count). The van der Waals surface area contributed by atoms with Crippen LogP contribution in [0.15, 0.2) is 0 Å². The fraction of sp³-hybridized carbons (Fsp3) is 1.00. The molecule has 2 saturated heterocycles. The van der Waals surface area contributed by atoms with Crippen LogP contribution in [-0.4, -0.2) is 103 Å². The van der Waals surface area contributed by atoms with E-state index >= 15 is 0 Å². The zero-order valence-electron chi connectivity index (χ0n) is 12.8. The Morgan fingerprint density at radius 2 is 1.48 bits per heavy atom. The Labute approximate surface area is 132 Å². The van der Waals surface area contributed by atoms with Gasteiger partial charge in [-0.2, -0.15) is 0 Å². The quantitative estimate of drug-likeness (QED) is 0.269. The van der Waals surface area contributed by atoms with Gasteiger partial charge in [-0.05, 0) is 13.8 Å². The van der Waals surface area contributed by atoms with E-state index in [0.717, 1.165) is 0 Å². The van der Waals surface area contributed by atoms with Gasteiger partial charge in [0, 0.05) is 0 Å². The summed E-state index contributed by atoms with van der Waals surface area (Å²) >= 11 is 0. The summed E-state index contributed by atoms with van der Waals surface area (Å²) in [6.07, 6.45) is -13.0. The molecule has 0 aromatic carbocycles. The van der Waals surface area contributed by atoms with Gasteiger partial charge in [-0.1, -0.05) is 0 Å². The first kappa shape index (κ1) is 18.9. The molecule has 7 N–H and O–H groups in total. The molecule has 136 valence electrons.